The Balaban J connectivity index is 2.06. The summed E-state index contributed by atoms with van der Waals surface area (Å²) in [4.78, 5) is 26.3. The van der Waals surface area contributed by atoms with Crippen LogP contribution in [0.3, 0.4) is 0 Å². The van der Waals surface area contributed by atoms with Crippen LogP contribution in [0, 0.1) is 0 Å². The Hall–Kier alpha value is -1.68. The van der Waals surface area contributed by atoms with Gasteiger partial charge >= 0.3 is 0 Å². The van der Waals surface area contributed by atoms with Crippen molar-refractivity contribution in [3.05, 3.63) is 34.9 Å². The molecule has 0 bridgehead atoms. The fourth-order valence-corrected chi connectivity index (χ4v) is 2.89. The van der Waals surface area contributed by atoms with E-state index in [-0.39, 0.29) is 11.7 Å². The van der Waals surface area contributed by atoms with E-state index >= 15 is 0 Å². The van der Waals surface area contributed by atoms with Crippen LogP contribution < -0.4 is 5.32 Å². The van der Waals surface area contributed by atoms with E-state index in [1.807, 2.05) is 26.2 Å². The molecule has 0 heterocycles. The predicted octanol–water partition coefficient (Wildman–Crippen LogP) is 2.28. The lowest BCUT2D eigenvalue weighted by Gasteiger charge is -2.24. The minimum Gasteiger partial charge on any atom is -0.350 e. The van der Waals surface area contributed by atoms with Crippen molar-refractivity contribution in [2.24, 2.45) is 0 Å². The Kier molecular flexibility index (Phi) is 5.12. The van der Waals surface area contributed by atoms with E-state index in [0.717, 1.165) is 24.0 Å². The second kappa shape index (κ2) is 6.85. The van der Waals surface area contributed by atoms with Gasteiger partial charge in [0.25, 0.3) is 5.91 Å². The Morgan fingerprint density at radius 3 is 2.76 bits per heavy atom. The lowest BCUT2D eigenvalue weighted by molar-refractivity contribution is 0.0939. The van der Waals surface area contributed by atoms with Crippen molar-refractivity contribution in [2.45, 2.75) is 38.6 Å². The molecule has 0 saturated carbocycles. The number of carbonyl (C=O) groups is 2. The van der Waals surface area contributed by atoms with Gasteiger partial charge in [-0.2, -0.15) is 0 Å². The van der Waals surface area contributed by atoms with E-state index in [1.54, 1.807) is 6.07 Å². The van der Waals surface area contributed by atoms with Crippen LogP contribution in [-0.2, 0) is 6.42 Å². The maximum Gasteiger partial charge on any atom is 0.251 e. The molecule has 114 valence electrons. The molecule has 0 radical (unpaired) electrons. The molecule has 0 unspecified atom stereocenters. The monoisotopic (exact) mass is 288 g/mol. The highest BCUT2D eigenvalue weighted by Gasteiger charge is 2.24. The number of hydrogen-bond donors (Lipinski definition) is 1. The van der Waals surface area contributed by atoms with Gasteiger partial charge in [0.1, 0.15) is 0 Å². The molecule has 0 spiro atoms. The highest BCUT2D eigenvalue weighted by molar-refractivity contribution is 6.05. The van der Waals surface area contributed by atoms with Crippen molar-refractivity contribution in [3.63, 3.8) is 0 Å². The largest absolute Gasteiger partial charge is 0.350 e. The third-order valence-electron chi connectivity index (χ3n) is 4.17. The Morgan fingerprint density at radius 1 is 1.33 bits per heavy atom. The summed E-state index contributed by atoms with van der Waals surface area (Å²) in [6, 6.07) is 5.78. The van der Waals surface area contributed by atoms with Gasteiger partial charge in [-0.05, 0) is 38.6 Å². The van der Waals surface area contributed by atoms with Crippen LogP contribution in [0.4, 0.5) is 0 Å². The number of fused-ring (bicyclic) bond motifs is 1. The zero-order chi connectivity index (χ0) is 15.4. The molecule has 2 rings (SSSR count). The van der Waals surface area contributed by atoms with E-state index in [9.17, 15) is 9.59 Å². The topological polar surface area (TPSA) is 49.4 Å². The van der Waals surface area contributed by atoms with Crippen LogP contribution in [-0.4, -0.2) is 43.3 Å². The molecule has 4 heteroatoms. The molecule has 21 heavy (non-hydrogen) atoms. The predicted molar refractivity (Wildman–Crippen MR) is 83.8 cm³/mol. The van der Waals surface area contributed by atoms with Crippen LogP contribution in [0.1, 0.15) is 52.5 Å². The van der Waals surface area contributed by atoms with Crippen LogP contribution in [0.5, 0.6) is 0 Å². The number of carbonyl (C=O) groups excluding carboxylic acids is 2. The molecule has 1 amide bonds. The molecular weight excluding hydrogens is 264 g/mol. The van der Waals surface area contributed by atoms with Crippen molar-refractivity contribution in [3.8, 4) is 0 Å². The lowest BCUT2D eigenvalue weighted by atomic mass is 10.0. The normalized spacial score (nSPS) is 15.1. The fraction of sp³-hybridized carbons (Fsp3) is 0.529. The number of ketones is 1. The zero-order valence-corrected chi connectivity index (χ0v) is 13.1. The maximum absolute atomic E-state index is 12.4. The number of hydrogen-bond acceptors (Lipinski definition) is 3. The van der Waals surface area contributed by atoms with E-state index in [1.165, 1.54) is 0 Å². The quantitative estimate of drug-likeness (QED) is 0.873. The molecule has 1 aromatic carbocycles. The molecule has 1 N–H and O–H groups in total. The number of Topliss-reactive ketones (excluding diaryl/α,β-unsaturated/α-hetero) is 1. The van der Waals surface area contributed by atoms with Crippen LogP contribution in [0.2, 0.25) is 0 Å². The minimum absolute atomic E-state index is 0.0653. The number of amides is 1. The SMILES string of the molecule is CCC[C@@H](CNC(=O)c1cccc2c1CCC2=O)N(C)C. The smallest absolute Gasteiger partial charge is 0.251 e. The van der Waals surface area contributed by atoms with Crippen LogP contribution in [0.15, 0.2) is 18.2 Å². The van der Waals surface area contributed by atoms with Crippen LogP contribution in [0.25, 0.3) is 0 Å². The maximum atomic E-state index is 12.4. The molecule has 0 aliphatic heterocycles. The first-order chi connectivity index (χ1) is 10.0. The van der Waals surface area contributed by atoms with Crippen molar-refractivity contribution >= 4 is 11.7 Å². The molecule has 1 aliphatic rings. The average molecular weight is 288 g/mol. The Labute approximate surface area is 126 Å². The summed E-state index contributed by atoms with van der Waals surface area (Å²) < 4.78 is 0. The summed E-state index contributed by atoms with van der Waals surface area (Å²) in [6.07, 6.45) is 3.35. The number of benzene rings is 1. The first-order valence-corrected chi connectivity index (χ1v) is 7.64. The second-order valence-corrected chi connectivity index (χ2v) is 5.87. The molecule has 0 saturated heterocycles. The van der Waals surface area contributed by atoms with Crippen molar-refractivity contribution < 1.29 is 9.59 Å². The number of likely N-dealkylation sites (N-methyl/N-ethyl adjacent to an activating group) is 1. The van der Waals surface area contributed by atoms with Gasteiger partial charge < -0.3 is 10.2 Å². The average Bonchev–Trinajstić information content (AvgIpc) is 2.84. The first kappa shape index (κ1) is 15.7. The van der Waals surface area contributed by atoms with Crippen molar-refractivity contribution in [2.75, 3.05) is 20.6 Å². The summed E-state index contributed by atoms with van der Waals surface area (Å²) in [5.74, 6) is 0.0845. The third kappa shape index (κ3) is 3.50. The molecule has 1 aromatic rings. The Morgan fingerprint density at radius 2 is 2.10 bits per heavy atom. The van der Waals surface area contributed by atoms with Crippen LogP contribution >= 0.6 is 0 Å². The highest BCUT2D eigenvalue weighted by atomic mass is 16.1. The van der Waals surface area contributed by atoms with Gasteiger partial charge in [-0.25, -0.2) is 0 Å². The first-order valence-electron chi connectivity index (χ1n) is 7.64. The second-order valence-electron chi connectivity index (χ2n) is 5.87. The zero-order valence-electron chi connectivity index (χ0n) is 13.1. The van der Waals surface area contributed by atoms with E-state index in [2.05, 4.69) is 17.1 Å². The number of nitrogens with zero attached hydrogens (tertiary/aromatic N) is 1. The van der Waals surface area contributed by atoms with Gasteiger partial charge in [0, 0.05) is 30.1 Å². The molecule has 0 fully saturated rings. The van der Waals surface area contributed by atoms with Gasteiger partial charge in [0.05, 0.1) is 0 Å². The third-order valence-corrected chi connectivity index (χ3v) is 4.17. The number of nitrogens with one attached hydrogen (secondary N) is 1. The van der Waals surface area contributed by atoms with Gasteiger partial charge in [0.15, 0.2) is 5.78 Å². The van der Waals surface area contributed by atoms with Crippen molar-refractivity contribution in [1.82, 2.24) is 10.2 Å². The number of rotatable bonds is 6. The van der Waals surface area contributed by atoms with Crippen molar-refractivity contribution in [1.29, 1.82) is 0 Å². The van der Waals surface area contributed by atoms with E-state index < -0.39 is 0 Å². The lowest BCUT2D eigenvalue weighted by Crippen LogP contribution is -2.40. The Bertz CT molecular complexity index is 538. The molecule has 1 aliphatic carbocycles. The van der Waals surface area contributed by atoms with Gasteiger partial charge in [0.2, 0.25) is 0 Å². The summed E-state index contributed by atoms with van der Waals surface area (Å²) >= 11 is 0. The van der Waals surface area contributed by atoms with Gasteiger partial charge in [-0.3, -0.25) is 9.59 Å². The summed E-state index contributed by atoms with van der Waals surface area (Å²) in [6.45, 7) is 2.78. The molecule has 1 atom stereocenters. The van der Waals surface area contributed by atoms with Gasteiger partial charge in [-0.1, -0.05) is 25.5 Å². The van der Waals surface area contributed by atoms with E-state index in [4.69, 9.17) is 0 Å². The van der Waals surface area contributed by atoms with Gasteiger partial charge in [-0.15, -0.1) is 0 Å². The minimum atomic E-state index is -0.0653. The standard InChI is InChI=1S/C17H24N2O2/c1-4-6-12(19(2)3)11-18-17(21)15-8-5-7-14-13(15)9-10-16(14)20/h5,7-8,12H,4,6,9-11H2,1-3H3,(H,18,21)/t12-/m0/s1. The summed E-state index contributed by atoms with van der Waals surface area (Å²) in [5.41, 5.74) is 2.30. The molecule has 0 aromatic heterocycles. The summed E-state index contributed by atoms with van der Waals surface area (Å²) in [7, 11) is 4.07. The fourth-order valence-electron chi connectivity index (χ4n) is 2.89. The molecule has 4 nitrogen and oxygen atoms in total. The summed E-state index contributed by atoms with van der Waals surface area (Å²) in [5, 5.41) is 3.02. The highest BCUT2D eigenvalue weighted by Crippen LogP contribution is 2.25. The van der Waals surface area contributed by atoms with E-state index in [0.29, 0.717) is 31.0 Å². The molecular formula is C17H24N2O2.